The van der Waals surface area contributed by atoms with Gasteiger partial charge >= 0.3 is 6.03 Å². The van der Waals surface area contributed by atoms with Crippen molar-refractivity contribution in [3.05, 3.63) is 70.3 Å². The Bertz CT molecular complexity index is 671. The number of urea groups is 1. The summed E-state index contributed by atoms with van der Waals surface area (Å²) in [6.07, 6.45) is 3.41. The van der Waals surface area contributed by atoms with E-state index in [1.54, 1.807) is 19.4 Å². The van der Waals surface area contributed by atoms with E-state index in [0.717, 1.165) is 21.3 Å². The van der Waals surface area contributed by atoms with Crippen LogP contribution in [0.4, 0.5) is 4.79 Å². The first kappa shape index (κ1) is 16.1. The lowest BCUT2D eigenvalue weighted by atomic mass is 10.2. The van der Waals surface area contributed by atoms with Crippen molar-refractivity contribution in [3.63, 3.8) is 0 Å². The zero-order chi connectivity index (χ0) is 15.8. The van der Waals surface area contributed by atoms with E-state index in [1.165, 1.54) is 0 Å². The Hall–Kier alpha value is -2.27. The predicted octanol–water partition coefficient (Wildman–Crippen LogP) is 3.93. The molecule has 114 valence electrons. The third-order valence-corrected chi connectivity index (χ3v) is 3.75. The number of carbonyl (C=O) groups is 1. The molecule has 0 aromatic heterocycles. The number of nitrogens with one attached hydrogen (secondary N) is 2. The van der Waals surface area contributed by atoms with Gasteiger partial charge in [0.15, 0.2) is 0 Å². The maximum absolute atomic E-state index is 11.7. The molecule has 2 amide bonds. The van der Waals surface area contributed by atoms with Gasteiger partial charge in [0.2, 0.25) is 0 Å². The number of halogens is 1. The second-order valence-electron chi connectivity index (χ2n) is 4.53. The summed E-state index contributed by atoms with van der Waals surface area (Å²) in [5.41, 5.74) is 1.97. The van der Waals surface area contributed by atoms with Crippen LogP contribution in [0, 0.1) is 0 Å². The molecule has 0 saturated heterocycles. The first-order valence-corrected chi connectivity index (χ1v) is 7.56. The summed E-state index contributed by atoms with van der Waals surface area (Å²) in [4.78, 5) is 11.7. The van der Waals surface area contributed by atoms with Gasteiger partial charge in [-0.2, -0.15) is 0 Å². The molecule has 0 aliphatic heterocycles. The highest BCUT2D eigenvalue weighted by atomic mass is 79.9. The van der Waals surface area contributed by atoms with E-state index in [1.807, 2.05) is 48.5 Å². The number of ether oxygens (including phenoxy) is 1. The first-order valence-electron chi connectivity index (χ1n) is 6.77. The molecule has 0 bridgehead atoms. The van der Waals surface area contributed by atoms with E-state index >= 15 is 0 Å². The molecule has 0 spiro atoms. The highest BCUT2D eigenvalue weighted by Crippen LogP contribution is 2.15. The summed E-state index contributed by atoms with van der Waals surface area (Å²) in [7, 11) is 1.62. The Labute approximate surface area is 138 Å². The lowest BCUT2D eigenvalue weighted by Gasteiger charge is -2.06. The molecule has 0 aliphatic rings. The van der Waals surface area contributed by atoms with Gasteiger partial charge in [0, 0.05) is 17.2 Å². The van der Waals surface area contributed by atoms with Crippen LogP contribution in [0.5, 0.6) is 5.75 Å². The molecule has 2 aromatic carbocycles. The fourth-order valence-electron chi connectivity index (χ4n) is 1.83. The summed E-state index contributed by atoms with van der Waals surface area (Å²) in [5, 5.41) is 5.46. The third kappa shape index (κ3) is 4.93. The largest absolute Gasteiger partial charge is 0.497 e. The summed E-state index contributed by atoms with van der Waals surface area (Å²) in [5.74, 6) is 0.778. The molecule has 0 unspecified atom stereocenters. The van der Waals surface area contributed by atoms with Crippen molar-refractivity contribution in [1.29, 1.82) is 0 Å². The zero-order valence-electron chi connectivity index (χ0n) is 12.2. The number of amides is 2. The van der Waals surface area contributed by atoms with Crippen molar-refractivity contribution in [1.82, 2.24) is 10.6 Å². The van der Waals surface area contributed by atoms with Gasteiger partial charge in [0.05, 0.1) is 7.11 Å². The molecule has 2 rings (SSSR count). The number of rotatable bonds is 5. The number of carbonyl (C=O) groups excluding carboxylic acids is 1. The summed E-state index contributed by atoms with van der Waals surface area (Å²) in [6.45, 7) is 0.459. The van der Waals surface area contributed by atoms with E-state index in [4.69, 9.17) is 4.74 Å². The second kappa shape index (κ2) is 8.24. The Morgan fingerprint density at radius 2 is 2.05 bits per heavy atom. The highest BCUT2D eigenvalue weighted by molar-refractivity contribution is 9.10. The minimum atomic E-state index is -0.255. The average molecular weight is 361 g/mol. The molecule has 0 fully saturated rings. The van der Waals surface area contributed by atoms with Gasteiger partial charge < -0.3 is 15.4 Å². The smallest absolute Gasteiger partial charge is 0.319 e. The molecule has 0 aliphatic carbocycles. The van der Waals surface area contributed by atoms with Crippen LogP contribution in [0.1, 0.15) is 11.1 Å². The fourth-order valence-corrected chi connectivity index (χ4v) is 2.25. The third-order valence-electron chi connectivity index (χ3n) is 2.98. The molecule has 4 nitrogen and oxygen atoms in total. The van der Waals surface area contributed by atoms with Gasteiger partial charge in [-0.15, -0.1) is 0 Å². The van der Waals surface area contributed by atoms with Gasteiger partial charge in [-0.25, -0.2) is 4.79 Å². The molecule has 0 atom stereocenters. The molecule has 0 saturated carbocycles. The quantitative estimate of drug-likeness (QED) is 0.848. The number of hydrogen-bond acceptors (Lipinski definition) is 2. The normalized spacial score (nSPS) is 10.5. The molecular weight excluding hydrogens is 344 g/mol. The standard InChI is InChI=1S/C17H17BrN2O2/c1-22-15-7-4-5-13(11-15)9-10-19-17(21)20-12-14-6-2-3-8-16(14)18/h2-11H,12H2,1H3,(H2,19,20,21)/b10-9+. The van der Waals surface area contributed by atoms with E-state index in [9.17, 15) is 4.79 Å². The van der Waals surface area contributed by atoms with Crippen LogP contribution in [0.3, 0.4) is 0 Å². The molecule has 5 heteroatoms. The maximum atomic E-state index is 11.7. The summed E-state index contributed by atoms with van der Waals surface area (Å²) >= 11 is 3.45. The van der Waals surface area contributed by atoms with Crippen molar-refractivity contribution in [2.45, 2.75) is 6.54 Å². The minimum absolute atomic E-state index is 0.255. The average Bonchev–Trinajstić information content (AvgIpc) is 2.54. The van der Waals surface area contributed by atoms with Crippen molar-refractivity contribution >= 4 is 28.0 Å². The molecule has 0 heterocycles. The summed E-state index contributed by atoms with van der Waals surface area (Å²) in [6, 6.07) is 15.1. The van der Waals surface area contributed by atoms with Crippen molar-refractivity contribution < 1.29 is 9.53 Å². The topological polar surface area (TPSA) is 50.4 Å². The highest BCUT2D eigenvalue weighted by Gasteiger charge is 2.01. The second-order valence-corrected chi connectivity index (χ2v) is 5.38. The Balaban J connectivity index is 1.82. The summed E-state index contributed by atoms with van der Waals surface area (Å²) < 4.78 is 6.12. The Morgan fingerprint density at radius 1 is 1.23 bits per heavy atom. The van der Waals surface area contributed by atoms with Gasteiger partial charge in [-0.3, -0.25) is 0 Å². The number of methoxy groups -OCH3 is 1. The van der Waals surface area contributed by atoms with Crippen LogP contribution in [-0.4, -0.2) is 13.1 Å². The monoisotopic (exact) mass is 360 g/mol. The molecule has 0 radical (unpaired) electrons. The minimum Gasteiger partial charge on any atom is -0.497 e. The van der Waals surface area contributed by atoms with Crippen LogP contribution >= 0.6 is 15.9 Å². The van der Waals surface area contributed by atoms with Crippen molar-refractivity contribution in [2.75, 3.05) is 7.11 Å². The number of hydrogen-bond donors (Lipinski definition) is 2. The van der Waals surface area contributed by atoms with E-state index in [0.29, 0.717) is 6.54 Å². The van der Waals surface area contributed by atoms with Crippen LogP contribution < -0.4 is 15.4 Å². The van der Waals surface area contributed by atoms with Gasteiger partial charge in [-0.05, 0) is 35.4 Å². The Kier molecular flexibility index (Phi) is 6.03. The van der Waals surface area contributed by atoms with E-state index in [2.05, 4.69) is 26.6 Å². The molecule has 2 N–H and O–H groups in total. The fraction of sp³-hybridized carbons (Fsp3) is 0.118. The van der Waals surface area contributed by atoms with Crippen LogP contribution in [0.15, 0.2) is 59.2 Å². The Morgan fingerprint density at radius 3 is 2.82 bits per heavy atom. The SMILES string of the molecule is COc1cccc(/C=C/NC(=O)NCc2ccccc2Br)c1. The maximum Gasteiger partial charge on any atom is 0.319 e. The van der Waals surface area contributed by atoms with E-state index in [-0.39, 0.29) is 6.03 Å². The molecule has 22 heavy (non-hydrogen) atoms. The van der Waals surface area contributed by atoms with Gasteiger partial charge in [0.1, 0.15) is 5.75 Å². The lowest BCUT2D eigenvalue weighted by molar-refractivity contribution is 0.244. The van der Waals surface area contributed by atoms with Crippen molar-refractivity contribution in [3.8, 4) is 5.75 Å². The van der Waals surface area contributed by atoms with Gasteiger partial charge in [0.25, 0.3) is 0 Å². The lowest BCUT2D eigenvalue weighted by Crippen LogP contribution is -2.31. The number of benzene rings is 2. The molecular formula is C17H17BrN2O2. The molecule has 2 aromatic rings. The predicted molar refractivity (Wildman–Crippen MR) is 91.5 cm³/mol. The van der Waals surface area contributed by atoms with E-state index < -0.39 is 0 Å². The van der Waals surface area contributed by atoms with Crippen LogP contribution in [0.25, 0.3) is 6.08 Å². The van der Waals surface area contributed by atoms with Crippen molar-refractivity contribution in [2.24, 2.45) is 0 Å². The van der Waals surface area contributed by atoms with Crippen LogP contribution in [0.2, 0.25) is 0 Å². The first-order chi connectivity index (χ1) is 10.7. The van der Waals surface area contributed by atoms with Gasteiger partial charge in [-0.1, -0.05) is 46.3 Å². The van der Waals surface area contributed by atoms with Crippen LogP contribution in [-0.2, 0) is 6.54 Å². The zero-order valence-corrected chi connectivity index (χ0v) is 13.8.